The number of aromatic amines is 4. The molecule has 0 amide bonds. The van der Waals surface area contributed by atoms with Crippen LogP contribution in [0.2, 0.25) is 0 Å². The second kappa shape index (κ2) is 29.2. The lowest BCUT2D eigenvalue weighted by atomic mass is 9.93. The lowest BCUT2D eigenvalue weighted by Gasteiger charge is -2.17. The first-order valence-corrected chi connectivity index (χ1v) is 33.0. The lowest BCUT2D eigenvalue weighted by molar-refractivity contribution is -0.530. The average Bonchev–Trinajstić information content (AvgIpc) is 1.67. The first-order chi connectivity index (χ1) is 44.3. The Morgan fingerprint density at radius 1 is 0.453 bits per heavy atom. The minimum absolute atomic E-state index is 0.200. The molecule has 0 bridgehead atoms. The van der Waals surface area contributed by atoms with Gasteiger partial charge in [-0.3, -0.25) is 15.3 Å². The number of rotatable bonds is 6. The molecule has 1 unspecified atom stereocenters. The second-order valence-corrected chi connectivity index (χ2v) is 27.0. The number of hydrogen-bond donors (Lipinski definition) is 6. The van der Waals surface area contributed by atoms with Gasteiger partial charge in [0, 0.05) is 87.8 Å². The Morgan fingerprint density at radius 3 is 1.32 bits per heavy atom. The fourth-order valence-electron chi connectivity index (χ4n) is 10.8. The fraction of sp³-hybridized carbons (Fsp3) is 0.452. The highest BCUT2D eigenvalue weighted by molar-refractivity contribution is 7.15. The van der Waals surface area contributed by atoms with Crippen LogP contribution in [0.15, 0.2) is 37.2 Å². The first kappa shape index (κ1) is 73.2. The van der Waals surface area contributed by atoms with E-state index in [0.717, 1.165) is 165 Å². The molecule has 10 aromatic rings. The van der Waals surface area contributed by atoms with Gasteiger partial charge in [0.2, 0.25) is 11.9 Å². The molecule has 0 radical (unpaired) electrons. The summed E-state index contributed by atoms with van der Waals surface area (Å²) >= 11 is 1.70. The van der Waals surface area contributed by atoms with Crippen LogP contribution >= 0.6 is 11.3 Å². The van der Waals surface area contributed by atoms with Crippen molar-refractivity contribution in [3.63, 3.8) is 0 Å². The molecule has 22 heteroatoms. The van der Waals surface area contributed by atoms with Gasteiger partial charge in [0.25, 0.3) is 5.69 Å². The summed E-state index contributed by atoms with van der Waals surface area (Å²) in [7, 11) is 4.02. The minimum atomic E-state index is 0.200. The van der Waals surface area contributed by atoms with E-state index in [9.17, 15) is 10.2 Å². The normalized spacial score (nSPS) is 13.4. The molecule has 95 heavy (non-hydrogen) atoms. The molecular weight excluding hydrogens is 1210 g/mol. The topological polar surface area (TPSA) is 260 Å². The van der Waals surface area contributed by atoms with Crippen LogP contribution in [0, 0.1) is 166 Å². The van der Waals surface area contributed by atoms with Crippen LogP contribution in [-0.2, 0) is 14.1 Å². The molecule has 0 fully saturated rings. The van der Waals surface area contributed by atoms with Crippen LogP contribution in [0.3, 0.4) is 0 Å². The molecule has 6 N–H and O–H groups in total. The van der Waals surface area contributed by atoms with Crippen LogP contribution < -0.4 is 0 Å². The molecule has 1 atom stereocenters. The SMILES string of the molecule is CC1=C(C)C(C)[N+](c2c(C)c(C)c(C)c(C)c2O)=N1.CC1=C(C)N=[N+](c2n[nH]c(C)c2C)C1.Cc1nc(-c2c(C)c(C)c(C)c(C)c2O)n(C)c1C.Cc1nc(-c2n[nH]c(C)c2C)n(C)c1C.Cc1nc(-c2n[nH]c(C)c2C)oc1C.Cc1nc(-c2n[nH]c(C)c2C)sc1C. The van der Waals surface area contributed by atoms with Crippen molar-refractivity contribution in [3.05, 3.63) is 157 Å². The quantitative estimate of drug-likeness (QED) is 0.0853. The van der Waals surface area contributed by atoms with Crippen LogP contribution in [0.5, 0.6) is 11.5 Å². The molecule has 0 saturated heterocycles. The van der Waals surface area contributed by atoms with E-state index in [-0.39, 0.29) is 6.04 Å². The fourth-order valence-corrected chi connectivity index (χ4v) is 11.7. The van der Waals surface area contributed by atoms with Crippen molar-refractivity contribution in [1.82, 2.24) is 69.9 Å². The molecule has 506 valence electrons. The van der Waals surface area contributed by atoms with Crippen molar-refractivity contribution >= 4 is 22.8 Å². The zero-order valence-corrected chi connectivity index (χ0v) is 63.1. The molecule has 21 nitrogen and oxygen atoms in total. The Labute approximate surface area is 565 Å². The number of aromatic hydroxyl groups is 2. The number of phenols is 2. The zero-order chi connectivity index (χ0) is 71.0. The molecule has 10 heterocycles. The van der Waals surface area contributed by atoms with Gasteiger partial charge in [-0.15, -0.1) is 16.0 Å². The number of benzene rings is 2. The predicted octanol–water partition coefficient (Wildman–Crippen LogP) is 17.6. The third kappa shape index (κ3) is 14.7. The number of azo groups is 4. The standard InChI is InChI=1S/2C16H22N2O.C11H16N4.C10H15N4.C10H13N3O.C10H13N3S/c1-8-9(2)11(4)15(19)14(10(8)3)16-17-12(5)13(6)18(16)7;1-8-9(2)11(4)16(19)15(10(8)3)18-14(7)12(5)13(6)17-18;1-6-7(2)13-14-10(6)11-12-8(3)9(4)15(11)5;1-6-5-14(13-8(6)3)10-7(2)9(4)11-12-10;2*1-5-6(2)12-13-9(5)10-11-7(3)8(4)14-10/h19H,1-7H3;14H,1-7H3;1-5H3,(H,13,14);5H2,1-4H3,(H,11,12);2*1-4H3,(H,12,13)/q;;;+1;;/p+1. The number of H-pyrrole nitrogens is 4. The maximum atomic E-state index is 10.5. The van der Waals surface area contributed by atoms with Crippen molar-refractivity contribution < 1.29 is 24.0 Å². The number of nitrogens with zero attached hydrogens (tertiary/aromatic N) is 14. The van der Waals surface area contributed by atoms with Crippen molar-refractivity contribution in [2.45, 2.75) is 207 Å². The van der Waals surface area contributed by atoms with E-state index in [1.54, 1.807) is 11.3 Å². The highest BCUT2D eigenvalue weighted by Gasteiger charge is 2.36. The molecule has 12 rings (SSSR count). The van der Waals surface area contributed by atoms with Crippen molar-refractivity contribution in [2.24, 2.45) is 24.3 Å². The molecule has 0 spiro atoms. The van der Waals surface area contributed by atoms with Gasteiger partial charge < -0.3 is 23.8 Å². The van der Waals surface area contributed by atoms with E-state index in [1.165, 1.54) is 49.5 Å². The summed E-state index contributed by atoms with van der Waals surface area (Å²) in [5.74, 6) is 4.89. The molecule has 2 aliphatic heterocycles. The summed E-state index contributed by atoms with van der Waals surface area (Å²) in [5.41, 5.74) is 33.5. The third-order valence-electron chi connectivity index (χ3n) is 20.0. The third-order valence-corrected chi connectivity index (χ3v) is 21.0. The minimum Gasteiger partial charge on any atom is -0.507 e. The smallest absolute Gasteiger partial charge is 0.373 e. The number of thiazole rings is 1. The number of imidazole rings is 2. The van der Waals surface area contributed by atoms with Crippen LogP contribution in [0.4, 0.5) is 11.5 Å². The van der Waals surface area contributed by atoms with E-state index >= 15 is 0 Å². The molecule has 0 aliphatic carbocycles. The largest absolute Gasteiger partial charge is 0.507 e. The number of nitrogens with one attached hydrogen (secondary N) is 4. The van der Waals surface area contributed by atoms with Gasteiger partial charge >= 0.3 is 5.82 Å². The number of aryl methyl sites for hydroxylation is 10. The Balaban J connectivity index is 0.000000162. The van der Waals surface area contributed by atoms with E-state index in [1.807, 2.05) is 132 Å². The Bertz CT molecular complexity index is 4490. The number of oxazole rings is 1. The van der Waals surface area contributed by atoms with Crippen LogP contribution in [-0.4, -0.2) is 102 Å². The molecule has 2 aliphatic rings. The summed E-state index contributed by atoms with van der Waals surface area (Å²) in [6, 6.07) is 0.200. The summed E-state index contributed by atoms with van der Waals surface area (Å²) in [4.78, 5) is 19.2. The van der Waals surface area contributed by atoms with Crippen molar-refractivity contribution in [3.8, 4) is 56.7 Å². The number of phenolic OH excluding ortho intramolecular Hbond substituents is 2. The number of allylic oxidation sites excluding steroid dienone is 2. The highest BCUT2D eigenvalue weighted by atomic mass is 32.1. The molecule has 2 aromatic carbocycles. The van der Waals surface area contributed by atoms with E-state index in [4.69, 9.17) is 4.42 Å². The van der Waals surface area contributed by atoms with Gasteiger partial charge in [0.05, 0.1) is 50.4 Å². The number of aromatic nitrogens is 14. The Morgan fingerprint density at radius 2 is 0.916 bits per heavy atom. The summed E-state index contributed by atoms with van der Waals surface area (Å²) in [6.45, 7) is 59.9. The Hall–Kier alpha value is -9.18. The molecule has 8 aromatic heterocycles. The second-order valence-electron chi connectivity index (χ2n) is 25.7. The molecular formula is C73H102N18O3S+2. The van der Waals surface area contributed by atoms with Crippen molar-refractivity contribution in [2.75, 3.05) is 6.54 Å². The van der Waals surface area contributed by atoms with Gasteiger partial charge in [-0.05, 0) is 238 Å². The van der Waals surface area contributed by atoms with Crippen LogP contribution in [0.25, 0.3) is 45.2 Å². The van der Waals surface area contributed by atoms with Gasteiger partial charge in [0.1, 0.15) is 46.0 Å². The van der Waals surface area contributed by atoms with Gasteiger partial charge in [-0.25, -0.2) is 19.9 Å². The van der Waals surface area contributed by atoms with Gasteiger partial charge in [-0.1, -0.05) is 9.81 Å². The maximum absolute atomic E-state index is 10.5. The van der Waals surface area contributed by atoms with E-state index in [0.29, 0.717) is 17.4 Å². The number of hydrogen-bond acceptors (Lipinski definition) is 14. The van der Waals surface area contributed by atoms with Gasteiger partial charge in [0.15, 0.2) is 17.3 Å². The molecule has 0 saturated carbocycles. The predicted molar refractivity (Wildman–Crippen MR) is 381 cm³/mol. The van der Waals surface area contributed by atoms with Crippen LogP contribution in [0.1, 0.15) is 169 Å². The summed E-state index contributed by atoms with van der Waals surface area (Å²) in [6.07, 6.45) is 0. The monoisotopic (exact) mass is 1310 g/mol. The average molecular weight is 1310 g/mol. The Kier molecular flexibility index (Phi) is 22.5. The summed E-state index contributed by atoms with van der Waals surface area (Å²) < 4.78 is 13.5. The lowest BCUT2D eigenvalue weighted by Crippen LogP contribution is -2.16. The van der Waals surface area contributed by atoms with Gasteiger partial charge in [-0.2, -0.15) is 20.4 Å². The first-order valence-electron chi connectivity index (χ1n) is 32.2. The van der Waals surface area contributed by atoms with E-state index < -0.39 is 0 Å². The maximum Gasteiger partial charge on any atom is 0.373 e. The highest BCUT2D eigenvalue weighted by Crippen LogP contribution is 2.43. The van der Waals surface area contributed by atoms with E-state index in [2.05, 4.69) is 172 Å². The van der Waals surface area contributed by atoms with Crippen molar-refractivity contribution in [1.29, 1.82) is 0 Å². The summed E-state index contributed by atoms with van der Waals surface area (Å²) in [5, 5.41) is 59.9. The zero-order valence-electron chi connectivity index (χ0n) is 62.3.